The summed E-state index contributed by atoms with van der Waals surface area (Å²) in [5.41, 5.74) is 1.71. The Hall–Kier alpha value is -1.22. The van der Waals surface area contributed by atoms with Crippen LogP contribution in [0.1, 0.15) is 24.8 Å². The van der Waals surface area contributed by atoms with Crippen LogP contribution in [0.5, 0.6) is 0 Å². The smallest absolute Gasteiger partial charge is 0.337 e. The van der Waals surface area contributed by atoms with Gasteiger partial charge in [-0.1, -0.05) is 29.3 Å². The minimum absolute atomic E-state index is 0.350. The summed E-state index contributed by atoms with van der Waals surface area (Å²) in [5, 5.41) is 36.5. The highest BCUT2D eigenvalue weighted by Crippen LogP contribution is 2.64. The van der Waals surface area contributed by atoms with Crippen molar-refractivity contribution in [3.63, 3.8) is 0 Å². The van der Waals surface area contributed by atoms with Crippen LogP contribution in [0.2, 0.25) is 10.0 Å². The number of rotatable bonds is 4. The number of aliphatic hydroxyl groups excluding tert-OH is 2. The second-order valence-corrected chi connectivity index (χ2v) is 7.00. The van der Waals surface area contributed by atoms with Gasteiger partial charge in [0.15, 0.2) is 6.29 Å². The zero-order valence-corrected chi connectivity index (χ0v) is 15.7. The number of halogens is 2. The van der Waals surface area contributed by atoms with E-state index in [1.807, 2.05) is 12.9 Å². The van der Waals surface area contributed by atoms with Crippen molar-refractivity contribution in [3.05, 3.63) is 33.8 Å². The molecule has 0 radical (unpaired) electrons. The summed E-state index contributed by atoms with van der Waals surface area (Å²) >= 11 is 12.1. The van der Waals surface area contributed by atoms with E-state index in [-0.39, 0.29) is 0 Å². The number of hydrogen-bond acceptors (Lipinski definition) is 6. The fourth-order valence-corrected chi connectivity index (χ4v) is 3.93. The predicted octanol–water partition coefficient (Wildman–Crippen LogP) is 1.19. The number of fused-ring (bicyclic) bond motifs is 1. The lowest BCUT2D eigenvalue weighted by molar-refractivity contribution is -0.171. The summed E-state index contributed by atoms with van der Waals surface area (Å²) in [6.07, 6.45) is -0.383. The number of carbonyl (C=O) groups excluding carboxylic acids is 1. The average Bonchev–Trinajstić information content (AvgIpc) is 3.25. The molecule has 5 N–H and O–H groups in total. The fourth-order valence-electron chi connectivity index (χ4n) is 3.63. The van der Waals surface area contributed by atoms with Gasteiger partial charge in [-0.2, -0.15) is 0 Å². The van der Waals surface area contributed by atoms with Gasteiger partial charge in [0.2, 0.25) is 6.10 Å². The van der Waals surface area contributed by atoms with Crippen LogP contribution in [0.25, 0.3) is 0 Å². The van der Waals surface area contributed by atoms with E-state index in [1.165, 1.54) is 24.8 Å². The minimum Gasteiger partial charge on any atom is -0.479 e. The molecular weight excluding hydrogens is 385 g/mol. The van der Waals surface area contributed by atoms with E-state index in [1.54, 1.807) is 0 Å². The maximum absolute atomic E-state index is 9.57. The van der Waals surface area contributed by atoms with Gasteiger partial charge in [-0.25, -0.2) is 4.79 Å². The van der Waals surface area contributed by atoms with Crippen molar-refractivity contribution < 1.29 is 30.0 Å². The van der Waals surface area contributed by atoms with Crippen molar-refractivity contribution in [1.82, 2.24) is 5.32 Å². The predicted molar refractivity (Wildman–Crippen MR) is 97.3 cm³/mol. The topological polar surface area (TPSA) is 127 Å². The number of aliphatic hydroxyl groups is 3. The van der Waals surface area contributed by atoms with Gasteiger partial charge in [-0.15, -0.1) is 0 Å². The first-order valence-corrected chi connectivity index (χ1v) is 8.68. The molecule has 0 bridgehead atoms. The Labute approximate surface area is 161 Å². The number of hydrogen-bond donors (Lipinski definition) is 5. The van der Waals surface area contributed by atoms with E-state index in [4.69, 9.17) is 48.4 Å². The Morgan fingerprint density at radius 2 is 1.85 bits per heavy atom. The Balaban J connectivity index is 0.000000290. The van der Waals surface area contributed by atoms with Crippen molar-refractivity contribution in [2.24, 2.45) is 5.92 Å². The molecule has 9 heteroatoms. The van der Waals surface area contributed by atoms with E-state index in [2.05, 4.69) is 24.5 Å². The van der Waals surface area contributed by atoms with E-state index < -0.39 is 18.4 Å². The van der Waals surface area contributed by atoms with E-state index in [9.17, 15) is 4.79 Å². The molecule has 4 unspecified atom stereocenters. The van der Waals surface area contributed by atoms with Gasteiger partial charge in [0.1, 0.15) is 6.79 Å². The molecule has 3 rings (SSSR count). The summed E-state index contributed by atoms with van der Waals surface area (Å²) < 4.78 is 0. The van der Waals surface area contributed by atoms with E-state index in [0.717, 1.165) is 5.92 Å². The summed E-state index contributed by atoms with van der Waals surface area (Å²) in [7, 11) is 2.06. The number of aliphatic carboxylic acids is 1. The van der Waals surface area contributed by atoms with Crippen molar-refractivity contribution >= 4 is 36.0 Å². The molecule has 1 aromatic carbocycles. The lowest BCUT2D eigenvalue weighted by atomic mass is 9.89. The van der Waals surface area contributed by atoms with Crippen molar-refractivity contribution in [1.29, 1.82) is 0 Å². The van der Waals surface area contributed by atoms with Gasteiger partial charge >= 0.3 is 5.97 Å². The highest BCUT2D eigenvalue weighted by Gasteiger charge is 2.63. The fraction of sp³-hybridized carbons (Fsp3) is 0.529. The zero-order valence-electron chi connectivity index (χ0n) is 14.2. The number of likely N-dealkylation sites (N-methyl/N-ethyl adjacent to an activating group) is 1. The second-order valence-electron chi connectivity index (χ2n) is 6.19. The van der Waals surface area contributed by atoms with E-state index >= 15 is 0 Å². The SMILES string of the molecule is C=O.CNC1CCC2CC21c1ccc(Cl)c(Cl)c1.O=C(O)C(O)C(O)O. The largest absolute Gasteiger partial charge is 0.479 e. The Bertz CT molecular complexity index is 629. The first-order valence-electron chi connectivity index (χ1n) is 7.92. The van der Waals surface area contributed by atoms with Gasteiger partial charge < -0.3 is 30.5 Å². The number of carboxylic acids is 1. The molecule has 4 atom stereocenters. The van der Waals surface area contributed by atoms with Gasteiger partial charge in [-0.3, -0.25) is 0 Å². The molecule has 0 amide bonds. The quantitative estimate of drug-likeness (QED) is 0.474. The standard InChI is InChI=1S/C13H15Cl2N.C3H6O5.CH2O/c1-16-12-5-3-9-7-13(9,12)8-2-4-10(14)11(15)6-8;4-1(2(5)6)3(7)8;1-2/h2,4,6,9,12,16H,3,5,7H2,1H3;1-2,4-6H,(H,7,8);1H2. The maximum atomic E-state index is 9.57. The van der Waals surface area contributed by atoms with Crippen LogP contribution in [0, 0.1) is 5.92 Å². The Kier molecular flexibility index (Phi) is 8.46. The number of carboxylic acid groups (broad SMARTS) is 1. The lowest BCUT2D eigenvalue weighted by Crippen LogP contribution is -2.35. The average molecular weight is 408 g/mol. The van der Waals surface area contributed by atoms with Gasteiger partial charge in [-0.05, 0) is 49.9 Å². The molecular formula is C17H23Cl2NO6. The number of nitrogens with one attached hydrogen (secondary N) is 1. The highest BCUT2D eigenvalue weighted by atomic mass is 35.5. The van der Waals surface area contributed by atoms with Crippen LogP contribution < -0.4 is 5.32 Å². The minimum atomic E-state index is -2.20. The van der Waals surface area contributed by atoms with Crippen LogP contribution in [0.4, 0.5) is 0 Å². The summed E-state index contributed by atoms with van der Waals surface area (Å²) in [6, 6.07) is 6.73. The molecule has 0 spiro atoms. The monoisotopic (exact) mass is 407 g/mol. The highest BCUT2D eigenvalue weighted by molar-refractivity contribution is 6.42. The van der Waals surface area contributed by atoms with Crippen LogP contribution in [0.15, 0.2) is 18.2 Å². The lowest BCUT2D eigenvalue weighted by Gasteiger charge is -2.23. The summed E-state index contributed by atoms with van der Waals surface area (Å²) in [6.45, 7) is 2.00. The van der Waals surface area contributed by atoms with Crippen molar-refractivity contribution in [2.75, 3.05) is 7.05 Å². The van der Waals surface area contributed by atoms with Gasteiger partial charge in [0.05, 0.1) is 10.0 Å². The zero-order chi connectivity index (χ0) is 20.1. The first kappa shape index (κ1) is 22.8. The Morgan fingerprint density at radius 3 is 2.23 bits per heavy atom. The third kappa shape index (κ3) is 4.73. The van der Waals surface area contributed by atoms with Crippen LogP contribution in [-0.2, 0) is 15.0 Å². The molecule has 2 saturated carbocycles. The number of carbonyl (C=O) groups is 2. The van der Waals surface area contributed by atoms with Crippen LogP contribution >= 0.6 is 23.2 Å². The second kappa shape index (κ2) is 9.64. The molecule has 2 aliphatic rings. The molecule has 26 heavy (non-hydrogen) atoms. The molecule has 146 valence electrons. The van der Waals surface area contributed by atoms with E-state index in [0.29, 0.717) is 21.5 Å². The molecule has 2 fully saturated rings. The molecule has 7 nitrogen and oxygen atoms in total. The Morgan fingerprint density at radius 1 is 1.23 bits per heavy atom. The van der Waals surface area contributed by atoms with Gasteiger partial charge in [0, 0.05) is 11.5 Å². The molecule has 0 saturated heterocycles. The summed E-state index contributed by atoms with van der Waals surface area (Å²) in [4.78, 5) is 17.6. The molecule has 0 aliphatic heterocycles. The molecule has 0 aromatic heterocycles. The number of benzene rings is 1. The third-order valence-corrected chi connectivity index (χ3v) is 5.66. The van der Waals surface area contributed by atoms with Gasteiger partial charge in [0.25, 0.3) is 0 Å². The first-order chi connectivity index (χ1) is 12.2. The summed E-state index contributed by atoms with van der Waals surface area (Å²) in [5.74, 6) is -0.804. The van der Waals surface area contributed by atoms with Crippen molar-refractivity contribution in [3.8, 4) is 0 Å². The van der Waals surface area contributed by atoms with Crippen LogP contribution in [-0.4, -0.2) is 58.7 Å². The normalized spacial score (nSPS) is 26.7. The molecule has 0 heterocycles. The maximum Gasteiger partial charge on any atom is 0.337 e. The third-order valence-electron chi connectivity index (χ3n) is 4.92. The van der Waals surface area contributed by atoms with Crippen molar-refractivity contribution in [2.45, 2.75) is 43.1 Å². The molecule has 2 aliphatic carbocycles. The van der Waals surface area contributed by atoms with Crippen LogP contribution in [0.3, 0.4) is 0 Å². The molecule has 1 aromatic rings.